The molecule has 0 atom stereocenters. The molecule has 3 aromatic rings. The van der Waals surface area contributed by atoms with Gasteiger partial charge in [0.1, 0.15) is 9.92 Å². The summed E-state index contributed by atoms with van der Waals surface area (Å²) >= 11 is 1.19. The van der Waals surface area contributed by atoms with Crippen molar-refractivity contribution in [1.82, 2.24) is 4.98 Å². The van der Waals surface area contributed by atoms with Crippen molar-refractivity contribution in [3.05, 3.63) is 66.6 Å². The molecule has 2 heterocycles. The van der Waals surface area contributed by atoms with Gasteiger partial charge in [0.15, 0.2) is 5.09 Å². The smallest absolute Gasteiger partial charge is 0.210 e. The van der Waals surface area contributed by atoms with Crippen molar-refractivity contribution in [2.75, 3.05) is 0 Å². The minimum Gasteiger partial charge on any atom is -0.456 e. The van der Waals surface area contributed by atoms with E-state index >= 15 is 0 Å². The highest BCUT2D eigenvalue weighted by Crippen LogP contribution is 2.35. The highest BCUT2D eigenvalue weighted by Gasteiger charge is 2.24. The van der Waals surface area contributed by atoms with E-state index in [0.717, 1.165) is 5.56 Å². The molecule has 0 saturated heterocycles. The second-order valence-corrected chi connectivity index (χ2v) is 8.48. The Bertz CT molecular complexity index is 914. The van der Waals surface area contributed by atoms with Crippen LogP contribution in [0.15, 0.2) is 85.3 Å². The van der Waals surface area contributed by atoms with Gasteiger partial charge in [-0.3, -0.25) is 0 Å². The number of pyridine rings is 1. The topological polar surface area (TPSA) is 60.2 Å². The van der Waals surface area contributed by atoms with Crippen LogP contribution in [0.5, 0.6) is 0 Å². The Morgan fingerprint density at radius 1 is 1.04 bits per heavy atom. The third kappa shape index (κ3) is 3.39. The predicted octanol–water partition coefficient (Wildman–Crippen LogP) is 4.78. The molecule has 2 aromatic heterocycles. The standard InChI is InChI=1S/C18H17NO3S2/c1-13(2)14-6-8-15(9-7-14)24(20,21)16-10-12-22-18(16)23-17-5-3-4-11-19-17/h3-13H,1-2H3. The molecular formula is C18H17NO3S2. The van der Waals surface area contributed by atoms with Crippen LogP contribution in [0.3, 0.4) is 0 Å². The van der Waals surface area contributed by atoms with Crippen LogP contribution in [0.1, 0.15) is 25.3 Å². The Morgan fingerprint density at radius 2 is 1.79 bits per heavy atom. The largest absolute Gasteiger partial charge is 0.456 e. The predicted molar refractivity (Wildman–Crippen MR) is 93.1 cm³/mol. The molecule has 0 amide bonds. The summed E-state index contributed by atoms with van der Waals surface area (Å²) in [7, 11) is -3.63. The molecule has 0 aliphatic carbocycles. The highest BCUT2D eigenvalue weighted by atomic mass is 32.2. The molecule has 0 saturated carbocycles. The van der Waals surface area contributed by atoms with E-state index in [1.807, 2.05) is 18.2 Å². The van der Waals surface area contributed by atoms with Crippen molar-refractivity contribution < 1.29 is 12.8 Å². The summed E-state index contributed by atoms with van der Waals surface area (Å²) in [6, 6.07) is 13.9. The molecule has 4 nitrogen and oxygen atoms in total. The Labute approximate surface area is 145 Å². The van der Waals surface area contributed by atoms with Crippen molar-refractivity contribution in [2.45, 2.75) is 39.7 Å². The van der Waals surface area contributed by atoms with Gasteiger partial charge in [-0.15, -0.1) is 0 Å². The maximum Gasteiger partial charge on any atom is 0.210 e. The maximum atomic E-state index is 12.9. The van der Waals surface area contributed by atoms with Crippen LogP contribution in [0.25, 0.3) is 0 Å². The van der Waals surface area contributed by atoms with Gasteiger partial charge in [-0.25, -0.2) is 13.4 Å². The normalized spacial score (nSPS) is 11.8. The van der Waals surface area contributed by atoms with Crippen molar-refractivity contribution in [3.8, 4) is 0 Å². The minimum absolute atomic E-state index is 0.162. The SMILES string of the molecule is CC(C)c1ccc(S(=O)(=O)c2ccoc2Sc2ccccn2)cc1. The molecule has 124 valence electrons. The van der Waals surface area contributed by atoms with Crippen LogP contribution in [-0.2, 0) is 9.84 Å². The fourth-order valence-corrected chi connectivity index (χ4v) is 4.65. The number of nitrogens with zero attached hydrogens (tertiary/aromatic N) is 1. The Kier molecular flexibility index (Phi) is 4.78. The third-order valence-electron chi connectivity index (χ3n) is 3.58. The first kappa shape index (κ1) is 16.8. The quantitative estimate of drug-likeness (QED) is 0.656. The van der Waals surface area contributed by atoms with Gasteiger partial charge in [0.25, 0.3) is 0 Å². The third-order valence-corrected chi connectivity index (χ3v) is 6.45. The zero-order valence-corrected chi connectivity index (χ0v) is 15.0. The van der Waals surface area contributed by atoms with Crippen LogP contribution in [-0.4, -0.2) is 13.4 Å². The van der Waals surface area contributed by atoms with E-state index in [4.69, 9.17) is 4.42 Å². The molecule has 0 spiro atoms. The molecule has 6 heteroatoms. The second-order valence-electron chi connectivity index (χ2n) is 5.57. The van der Waals surface area contributed by atoms with E-state index in [-0.39, 0.29) is 9.79 Å². The fraction of sp³-hybridized carbons (Fsp3) is 0.167. The number of sulfone groups is 1. The Hall–Kier alpha value is -2.05. The van der Waals surface area contributed by atoms with Gasteiger partial charge in [0.05, 0.1) is 11.2 Å². The number of hydrogen-bond acceptors (Lipinski definition) is 5. The Morgan fingerprint density at radius 3 is 2.42 bits per heavy atom. The maximum absolute atomic E-state index is 12.9. The summed E-state index contributed by atoms with van der Waals surface area (Å²) < 4.78 is 31.2. The van der Waals surface area contributed by atoms with Gasteiger partial charge < -0.3 is 4.42 Å². The van der Waals surface area contributed by atoms with E-state index < -0.39 is 9.84 Å². The molecule has 0 unspecified atom stereocenters. The molecule has 0 aliphatic rings. The average Bonchev–Trinajstić information content (AvgIpc) is 3.05. The first-order chi connectivity index (χ1) is 11.5. The number of furan rings is 1. The Balaban J connectivity index is 1.95. The van der Waals surface area contributed by atoms with Gasteiger partial charge in [0, 0.05) is 6.20 Å². The number of aromatic nitrogens is 1. The summed E-state index contributed by atoms with van der Waals surface area (Å²) in [5.74, 6) is 0.353. The summed E-state index contributed by atoms with van der Waals surface area (Å²) in [4.78, 5) is 4.61. The highest BCUT2D eigenvalue weighted by molar-refractivity contribution is 8.00. The van der Waals surface area contributed by atoms with E-state index in [2.05, 4.69) is 18.8 Å². The van der Waals surface area contributed by atoms with Crippen molar-refractivity contribution in [1.29, 1.82) is 0 Å². The van der Waals surface area contributed by atoms with Gasteiger partial charge in [-0.1, -0.05) is 32.0 Å². The van der Waals surface area contributed by atoms with Crippen LogP contribution in [0.2, 0.25) is 0 Å². The summed E-state index contributed by atoms with van der Waals surface area (Å²) in [5, 5.41) is 1.00. The van der Waals surface area contributed by atoms with Crippen LogP contribution < -0.4 is 0 Å². The summed E-state index contributed by atoms with van der Waals surface area (Å²) in [6.45, 7) is 4.14. The monoisotopic (exact) mass is 359 g/mol. The molecule has 0 N–H and O–H groups in total. The average molecular weight is 359 g/mol. The molecule has 0 fully saturated rings. The van der Waals surface area contributed by atoms with Crippen molar-refractivity contribution in [3.63, 3.8) is 0 Å². The molecule has 24 heavy (non-hydrogen) atoms. The minimum atomic E-state index is -3.63. The second kappa shape index (κ2) is 6.83. The molecule has 0 aliphatic heterocycles. The van der Waals surface area contributed by atoms with Crippen molar-refractivity contribution in [2.24, 2.45) is 0 Å². The van der Waals surface area contributed by atoms with Crippen LogP contribution in [0.4, 0.5) is 0 Å². The lowest BCUT2D eigenvalue weighted by molar-refractivity contribution is 0.459. The van der Waals surface area contributed by atoms with E-state index in [0.29, 0.717) is 16.0 Å². The molecule has 3 rings (SSSR count). The van der Waals surface area contributed by atoms with Crippen LogP contribution >= 0.6 is 11.8 Å². The van der Waals surface area contributed by atoms with Gasteiger partial charge in [-0.2, -0.15) is 0 Å². The number of rotatable bonds is 5. The van der Waals surface area contributed by atoms with Crippen LogP contribution in [0, 0.1) is 0 Å². The first-order valence-corrected chi connectivity index (χ1v) is 9.80. The molecule has 0 radical (unpaired) electrons. The first-order valence-electron chi connectivity index (χ1n) is 7.50. The van der Waals surface area contributed by atoms with Crippen molar-refractivity contribution >= 4 is 21.6 Å². The van der Waals surface area contributed by atoms with E-state index in [9.17, 15) is 8.42 Å². The molecular weight excluding hydrogens is 342 g/mol. The zero-order chi connectivity index (χ0) is 17.2. The summed E-state index contributed by atoms with van der Waals surface area (Å²) in [6.07, 6.45) is 3.05. The van der Waals surface area contributed by atoms with Gasteiger partial charge in [0.2, 0.25) is 9.84 Å². The summed E-state index contributed by atoms with van der Waals surface area (Å²) in [5.41, 5.74) is 1.10. The molecule has 0 bridgehead atoms. The van der Waals surface area contributed by atoms with Gasteiger partial charge in [-0.05, 0) is 53.6 Å². The van der Waals surface area contributed by atoms with E-state index in [1.165, 1.54) is 24.1 Å². The fourth-order valence-electron chi connectivity index (χ4n) is 2.22. The zero-order valence-electron chi connectivity index (χ0n) is 13.3. The lowest BCUT2D eigenvalue weighted by atomic mass is 10.0. The number of hydrogen-bond donors (Lipinski definition) is 0. The lowest BCUT2D eigenvalue weighted by Crippen LogP contribution is -2.02. The molecule has 1 aromatic carbocycles. The lowest BCUT2D eigenvalue weighted by Gasteiger charge is -2.08. The van der Waals surface area contributed by atoms with Gasteiger partial charge >= 0.3 is 0 Å². The number of benzene rings is 1. The van der Waals surface area contributed by atoms with E-state index in [1.54, 1.807) is 30.5 Å².